The lowest BCUT2D eigenvalue weighted by Gasteiger charge is -2.26. The number of carbonyl (C=O) groups excluding carboxylic acids is 1. The summed E-state index contributed by atoms with van der Waals surface area (Å²) in [5.74, 6) is 1.98. The molecule has 1 saturated heterocycles. The summed E-state index contributed by atoms with van der Waals surface area (Å²) in [6.07, 6.45) is 1.74. The molecule has 1 aromatic heterocycles. The average Bonchev–Trinajstić information content (AvgIpc) is 3.40. The highest BCUT2D eigenvalue weighted by Crippen LogP contribution is 2.35. The van der Waals surface area contributed by atoms with E-state index in [2.05, 4.69) is 10.2 Å². The van der Waals surface area contributed by atoms with E-state index in [9.17, 15) is 4.79 Å². The van der Waals surface area contributed by atoms with E-state index in [0.717, 1.165) is 61.2 Å². The van der Waals surface area contributed by atoms with Crippen molar-refractivity contribution in [3.63, 3.8) is 0 Å². The molecule has 2 aliphatic heterocycles. The summed E-state index contributed by atoms with van der Waals surface area (Å²) in [6, 6.07) is 16.9. The minimum Gasteiger partial charge on any atom is -0.492 e. The first-order valence-corrected chi connectivity index (χ1v) is 11.0. The Bertz CT molecular complexity index is 1150. The smallest absolute Gasteiger partial charge is 0.256 e. The molecule has 5 rings (SSSR count). The Morgan fingerprint density at radius 3 is 2.69 bits per heavy atom. The molecule has 0 saturated carbocycles. The van der Waals surface area contributed by atoms with Gasteiger partial charge in [0.05, 0.1) is 18.8 Å². The van der Waals surface area contributed by atoms with Crippen LogP contribution < -0.4 is 10.1 Å². The molecule has 2 aliphatic rings. The maximum atomic E-state index is 12.4. The molecule has 1 N–H and O–H groups in total. The lowest BCUT2D eigenvalue weighted by Crippen LogP contribution is -2.38. The van der Waals surface area contributed by atoms with E-state index >= 15 is 0 Å². The zero-order chi connectivity index (χ0) is 21.9. The van der Waals surface area contributed by atoms with Gasteiger partial charge < -0.3 is 19.2 Å². The van der Waals surface area contributed by atoms with Gasteiger partial charge >= 0.3 is 0 Å². The van der Waals surface area contributed by atoms with Crippen molar-refractivity contribution in [1.82, 2.24) is 4.90 Å². The van der Waals surface area contributed by atoms with Crippen LogP contribution in [0.2, 0.25) is 5.02 Å². The van der Waals surface area contributed by atoms with Crippen molar-refractivity contribution in [3.8, 4) is 17.1 Å². The maximum Gasteiger partial charge on any atom is 0.256 e. The highest BCUT2D eigenvalue weighted by atomic mass is 35.5. The summed E-state index contributed by atoms with van der Waals surface area (Å²) in [4.78, 5) is 14.7. The molecular formula is C25H23ClN2O4. The fraction of sp³-hybridized carbons (Fsp3) is 0.240. The number of anilines is 1. The lowest BCUT2D eigenvalue weighted by atomic mass is 10.1. The van der Waals surface area contributed by atoms with E-state index in [4.69, 9.17) is 25.5 Å². The Labute approximate surface area is 191 Å². The van der Waals surface area contributed by atoms with Crippen LogP contribution in [0.5, 0.6) is 5.75 Å². The van der Waals surface area contributed by atoms with Crippen LogP contribution >= 0.6 is 11.6 Å². The van der Waals surface area contributed by atoms with E-state index in [1.807, 2.05) is 36.4 Å². The number of rotatable bonds is 6. The molecule has 0 atom stereocenters. The number of ether oxygens (including phenoxy) is 2. The molecule has 0 unspecified atom stereocenters. The number of morpholine rings is 1. The highest BCUT2D eigenvalue weighted by Gasteiger charge is 2.24. The van der Waals surface area contributed by atoms with Crippen molar-refractivity contribution in [1.29, 1.82) is 0 Å². The number of nitrogens with zero attached hydrogens (tertiary/aromatic N) is 1. The molecule has 2 aromatic carbocycles. The quantitative estimate of drug-likeness (QED) is 0.546. The zero-order valence-corrected chi connectivity index (χ0v) is 18.2. The summed E-state index contributed by atoms with van der Waals surface area (Å²) >= 11 is 6.10. The molecular weight excluding hydrogens is 428 g/mol. The van der Waals surface area contributed by atoms with Crippen LogP contribution in [0.1, 0.15) is 11.3 Å². The van der Waals surface area contributed by atoms with Gasteiger partial charge in [0.25, 0.3) is 5.91 Å². The summed E-state index contributed by atoms with van der Waals surface area (Å²) in [6.45, 7) is 5.04. The molecule has 3 heterocycles. The minimum atomic E-state index is -0.168. The van der Waals surface area contributed by atoms with Crippen LogP contribution in [0, 0.1) is 0 Å². The largest absolute Gasteiger partial charge is 0.492 e. The van der Waals surface area contributed by atoms with Gasteiger partial charge in [-0.25, -0.2) is 0 Å². The van der Waals surface area contributed by atoms with E-state index in [0.29, 0.717) is 23.0 Å². The van der Waals surface area contributed by atoms with E-state index in [1.54, 1.807) is 24.3 Å². The Hall–Kier alpha value is -3.06. The first-order valence-electron chi connectivity index (χ1n) is 10.6. The summed E-state index contributed by atoms with van der Waals surface area (Å²) in [5, 5.41) is 3.43. The molecule has 0 bridgehead atoms. The van der Waals surface area contributed by atoms with Gasteiger partial charge in [-0.3, -0.25) is 9.69 Å². The van der Waals surface area contributed by atoms with Crippen molar-refractivity contribution >= 4 is 34.8 Å². The van der Waals surface area contributed by atoms with Crippen LogP contribution in [0.15, 0.2) is 59.0 Å². The van der Waals surface area contributed by atoms with Crippen LogP contribution in [0.4, 0.5) is 5.69 Å². The van der Waals surface area contributed by atoms with E-state index < -0.39 is 0 Å². The summed E-state index contributed by atoms with van der Waals surface area (Å²) < 4.78 is 17.2. The third kappa shape index (κ3) is 4.58. The van der Waals surface area contributed by atoms with Crippen molar-refractivity contribution in [2.45, 2.75) is 0 Å². The number of amides is 1. The molecule has 7 heteroatoms. The molecule has 0 aliphatic carbocycles. The van der Waals surface area contributed by atoms with Gasteiger partial charge in [0.2, 0.25) is 0 Å². The maximum absolute atomic E-state index is 12.4. The van der Waals surface area contributed by atoms with Gasteiger partial charge in [-0.2, -0.15) is 0 Å². The number of hydrogen-bond donors (Lipinski definition) is 1. The molecule has 6 nitrogen and oxygen atoms in total. The molecule has 32 heavy (non-hydrogen) atoms. The fourth-order valence-corrected chi connectivity index (χ4v) is 4.04. The van der Waals surface area contributed by atoms with E-state index in [1.165, 1.54) is 0 Å². The Morgan fingerprint density at radius 1 is 1.06 bits per heavy atom. The lowest BCUT2D eigenvalue weighted by molar-refractivity contribution is -0.110. The summed E-state index contributed by atoms with van der Waals surface area (Å²) in [5.41, 5.74) is 3.00. The second-order valence-corrected chi connectivity index (χ2v) is 8.17. The molecule has 1 fully saturated rings. The van der Waals surface area contributed by atoms with Gasteiger partial charge in [0, 0.05) is 41.5 Å². The number of hydrogen-bond acceptors (Lipinski definition) is 5. The first kappa shape index (κ1) is 20.8. The topological polar surface area (TPSA) is 63.9 Å². The Kier molecular flexibility index (Phi) is 5.99. The van der Waals surface area contributed by atoms with Crippen molar-refractivity contribution in [2.24, 2.45) is 0 Å². The van der Waals surface area contributed by atoms with Gasteiger partial charge in [0.1, 0.15) is 23.9 Å². The number of nitrogens with one attached hydrogen (secondary N) is 1. The predicted octanol–water partition coefficient (Wildman–Crippen LogP) is 4.80. The molecule has 164 valence electrons. The van der Waals surface area contributed by atoms with Gasteiger partial charge in [0.15, 0.2) is 0 Å². The third-order valence-electron chi connectivity index (χ3n) is 5.60. The van der Waals surface area contributed by atoms with Gasteiger partial charge in [-0.15, -0.1) is 0 Å². The van der Waals surface area contributed by atoms with Crippen molar-refractivity contribution in [2.75, 3.05) is 44.8 Å². The minimum absolute atomic E-state index is 0.168. The van der Waals surface area contributed by atoms with Crippen molar-refractivity contribution in [3.05, 3.63) is 70.9 Å². The number of carbonyl (C=O) groups is 1. The van der Waals surface area contributed by atoms with Crippen LogP contribution in [0.25, 0.3) is 23.0 Å². The monoisotopic (exact) mass is 450 g/mol. The fourth-order valence-electron chi connectivity index (χ4n) is 3.86. The van der Waals surface area contributed by atoms with E-state index in [-0.39, 0.29) is 5.91 Å². The average molecular weight is 451 g/mol. The highest BCUT2D eigenvalue weighted by molar-refractivity contribution is 6.36. The number of fused-ring (bicyclic) bond motifs is 1. The molecule has 0 radical (unpaired) electrons. The third-order valence-corrected chi connectivity index (χ3v) is 5.83. The Balaban J connectivity index is 1.24. The Morgan fingerprint density at radius 2 is 1.88 bits per heavy atom. The number of halogens is 1. The first-order chi connectivity index (χ1) is 15.7. The van der Waals surface area contributed by atoms with Gasteiger partial charge in [-0.05, 0) is 60.7 Å². The number of furan rings is 1. The predicted molar refractivity (Wildman–Crippen MR) is 125 cm³/mol. The normalized spacial score (nSPS) is 17.4. The molecule has 3 aromatic rings. The molecule has 0 spiro atoms. The zero-order valence-electron chi connectivity index (χ0n) is 17.5. The van der Waals surface area contributed by atoms with Crippen LogP contribution in [-0.4, -0.2) is 50.3 Å². The van der Waals surface area contributed by atoms with Crippen LogP contribution in [-0.2, 0) is 9.53 Å². The number of benzene rings is 2. The molecule has 1 amide bonds. The van der Waals surface area contributed by atoms with Gasteiger partial charge in [-0.1, -0.05) is 11.6 Å². The second-order valence-electron chi connectivity index (χ2n) is 7.73. The summed E-state index contributed by atoms with van der Waals surface area (Å²) in [7, 11) is 0. The SMILES string of the molecule is O=C1Nc2ccc(Cl)cc2/C1=C\c1ccc(-c2ccc(OCCN3CCOCC3)cc2)o1. The second kappa shape index (κ2) is 9.20. The standard InChI is InChI=1S/C25H23ClN2O4/c26-18-3-7-23-21(15-18)22(25(29)27-23)16-20-6-8-24(32-20)17-1-4-19(5-2-17)31-14-11-28-9-12-30-13-10-28/h1-8,15-16H,9-14H2,(H,27,29)/b22-16+. The van der Waals surface area contributed by atoms with Crippen molar-refractivity contribution < 1.29 is 18.7 Å². The van der Waals surface area contributed by atoms with Crippen LogP contribution in [0.3, 0.4) is 0 Å².